The molecule has 2 heterocycles. The predicted molar refractivity (Wildman–Crippen MR) is 99.6 cm³/mol. The molecule has 2 aromatic rings. The average Bonchev–Trinajstić information content (AvgIpc) is 3.02. The molecule has 30 heavy (non-hydrogen) atoms. The first-order valence-corrected chi connectivity index (χ1v) is 8.88. The molecule has 10 heteroatoms. The van der Waals surface area contributed by atoms with Gasteiger partial charge in [-0.05, 0) is 42.0 Å². The summed E-state index contributed by atoms with van der Waals surface area (Å²) >= 11 is 0. The van der Waals surface area contributed by atoms with E-state index in [9.17, 15) is 27.9 Å². The molecule has 156 valence electrons. The van der Waals surface area contributed by atoms with Crippen molar-refractivity contribution < 1.29 is 32.6 Å². The lowest BCUT2D eigenvalue weighted by Gasteiger charge is -2.31. The van der Waals surface area contributed by atoms with Crippen molar-refractivity contribution in [1.29, 1.82) is 0 Å². The van der Waals surface area contributed by atoms with Crippen molar-refractivity contribution >= 4 is 17.6 Å². The number of hydrogen-bond acceptors (Lipinski definition) is 4. The summed E-state index contributed by atoms with van der Waals surface area (Å²) in [5.41, 5.74) is 1.84. The fourth-order valence-corrected chi connectivity index (χ4v) is 3.52. The maximum atomic E-state index is 13.2. The van der Waals surface area contributed by atoms with E-state index in [0.29, 0.717) is 22.5 Å². The van der Waals surface area contributed by atoms with Crippen LogP contribution in [0.25, 0.3) is 0 Å². The van der Waals surface area contributed by atoms with Crippen LogP contribution in [-0.4, -0.2) is 41.9 Å². The van der Waals surface area contributed by atoms with E-state index in [2.05, 4.69) is 10.1 Å². The number of likely N-dealkylation sites (N-methyl/N-ethyl adjacent to an activating group) is 1. The molecular weight excluding hydrogens is 403 g/mol. The summed E-state index contributed by atoms with van der Waals surface area (Å²) in [6.07, 6.45) is -4.81. The number of anilines is 1. The second-order valence-electron chi connectivity index (χ2n) is 6.83. The Morgan fingerprint density at radius 2 is 1.70 bits per heavy atom. The van der Waals surface area contributed by atoms with Gasteiger partial charge in [0.2, 0.25) is 0 Å². The summed E-state index contributed by atoms with van der Waals surface area (Å²) in [6.45, 7) is 0.0894. The molecule has 4 rings (SSSR count). The van der Waals surface area contributed by atoms with E-state index in [-0.39, 0.29) is 18.2 Å². The molecule has 3 amide bonds. The molecule has 0 fully saturated rings. The van der Waals surface area contributed by atoms with Gasteiger partial charge in [0.1, 0.15) is 11.5 Å². The Morgan fingerprint density at radius 3 is 2.30 bits per heavy atom. The van der Waals surface area contributed by atoms with Crippen LogP contribution in [0, 0.1) is 0 Å². The van der Waals surface area contributed by atoms with Gasteiger partial charge < -0.3 is 20.1 Å². The molecular formula is C20H16F3N3O4. The van der Waals surface area contributed by atoms with Gasteiger partial charge >= 0.3 is 12.4 Å². The van der Waals surface area contributed by atoms with E-state index < -0.39 is 24.2 Å². The van der Waals surface area contributed by atoms with Gasteiger partial charge in [0, 0.05) is 12.7 Å². The molecule has 0 spiro atoms. The maximum absolute atomic E-state index is 13.2. The molecule has 0 bridgehead atoms. The zero-order valence-corrected chi connectivity index (χ0v) is 15.6. The Bertz CT molecular complexity index is 1030. The number of benzene rings is 2. The van der Waals surface area contributed by atoms with E-state index >= 15 is 0 Å². The molecule has 2 aliphatic heterocycles. The van der Waals surface area contributed by atoms with Gasteiger partial charge in [-0.15, -0.1) is 13.2 Å². The maximum Gasteiger partial charge on any atom is 0.573 e. The number of ether oxygens (including phenoxy) is 1. The Labute approximate surface area is 169 Å². The van der Waals surface area contributed by atoms with Crippen molar-refractivity contribution in [3.63, 3.8) is 0 Å². The highest BCUT2D eigenvalue weighted by molar-refractivity contribution is 6.11. The lowest BCUT2D eigenvalue weighted by Crippen LogP contribution is -2.45. The van der Waals surface area contributed by atoms with Crippen LogP contribution in [0.4, 0.5) is 23.7 Å². The third-order valence-corrected chi connectivity index (χ3v) is 4.97. The monoisotopic (exact) mass is 419 g/mol. The van der Waals surface area contributed by atoms with Crippen molar-refractivity contribution in [2.75, 3.05) is 18.5 Å². The summed E-state index contributed by atoms with van der Waals surface area (Å²) in [4.78, 5) is 28.3. The standard InChI is InChI=1S/C20H16F3N3O4/c1-25-15-10-26(12-4-8-14(9-5-12)30-20(21,22)23)18(28)16(15)17(24-19(25)29)11-2-6-13(27)7-3-11/h2-9,17,27H,10H2,1H3,(H,24,29)/t17-/m1/s1. The number of hydrogen-bond donors (Lipinski definition) is 2. The number of alkyl halides is 3. The minimum Gasteiger partial charge on any atom is -0.508 e. The number of carbonyl (C=O) groups is 2. The molecule has 2 aromatic carbocycles. The molecule has 1 atom stereocenters. The van der Waals surface area contributed by atoms with Crippen molar-refractivity contribution in [3.8, 4) is 11.5 Å². The predicted octanol–water partition coefficient (Wildman–Crippen LogP) is 3.29. The third-order valence-electron chi connectivity index (χ3n) is 4.97. The Balaban J connectivity index is 1.64. The van der Waals surface area contributed by atoms with Gasteiger partial charge in [-0.2, -0.15) is 0 Å². The number of amides is 3. The van der Waals surface area contributed by atoms with Gasteiger partial charge in [0.25, 0.3) is 5.91 Å². The number of aromatic hydroxyl groups is 1. The number of phenolic OH excluding ortho intramolecular Hbond substituents is 1. The van der Waals surface area contributed by atoms with Crippen LogP contribution in [-0.2, 0) is 4.79 Å². The smallest absolute Gasteiger partial charge is 0.508 e. The fraction of sp³-hybridized carbons (Fsp3) is 0.200. The summed E-state index contributed by atoms with van der Waals surface area (Å²) in [7, 11) is 1.54. The normalized spacial score (nSPS) is 19.1. The number of carbonyl (C=O) groups excluding carboxylic acids is 2. The number of urea groups is 1. The van der Waals surface area contributed by atoms with E-state index in [1.54, 1.807) is 12.1 Å². The van der Waals surface area contributed by atoms with Crippen LogP contribution in [0.3, 0.4) is 0 Å². The van der Waals surface area contributed by atoms with Gasteiger partial charge in [0.15, 0.2) is 0 Å². The zero-order chi connectivity index (χ0) is 21.6. The minimum absolute atomic E-state index is 0.0488. The number of halogens is 3. The van der Waals surface area contributed by atoms with Crippen molar-refractivity contribution in [1.82, 2.24) is 10.2 Å². The zero-order valence-electron chi connectivity index (χ0n) is 15.6. The first-order valence-electron chi connectivity index (χ1n) is 8.88. The number of nitrogens with zero attached hydrogens (tertiary/aromatic N) is 2. The quantitative estimate of drug-likeness (QED) is 0.800. The Hall–Kier alpha value is -3.69. The summed E-state index contributed by atoms with van der Waals surface area (Å²) in [5.74, 6) is -0.723. The third kappa shape index (κ3) is 3.51. The number of rotatable bonds is 3. The lowest BCUT2D eigenvalue weighted by molar-refractivity contribution is -0.274. The molecule has 0 unspecified atom stereocenters. The topological polar surface area (TPSA) is 82.1 Å². The van der Waals surface area contributed by atoms with Gasteiger partial charge in [-0.25, -0.2) is 4.79 Å². The van der Waals surface area contributed by atoms with Crippen molar-refractivity contribution in [3.05, 3.63) is 65.4 Å². The van der Waals surface area contributed by atoms with Crippen LogP contribution in [0.1, 0.15) is 11.6 Å². The van der Waals surface area contributed by atoms with Gasteiger partial charge in [0.05, 0.1) is 23.9 Å². The molecule has 0 saturated carbocycles. The number of nitrogens with one attached hydrogen (secondary N) is 1. The second-order valence-corrected chi connectivity index (χ2v) is 6.83. The minimum atomic E-state index is -4.81. The first-order chi connectivity index (χ1) is 14.1. The van der Waals surface area contributed by atoms with Crippen LogP contribution >= 0.6 is 0 Å². The largest absolute Gasteiger partial charge is 0.573 e. The van der Waals surface area contributed by atoms with Crippen LogP contribution in [0.15, 0.2) is 59.8 Å². The molecule has 0 aliphatic carbocycles. The molecule has 0 radical (unpaired) electrons. The Morgan fingerprint density at radius 1 is 1.07 bits per heavy atom. The highest BCUT2D eigenvalue weighted by Gasteiger charge is 2.43. The van der Waals surface area contributed by atoms with E-state index in [4.69, 9.17) is 0 Å². The molecule has 0 aromatic heterocycles. The molecule has 2 N–H and O–H groups in total. The first kappa shape index (κ1) is 19.6. The van der Waals surface area contributed by atoms with E-state index in [1.807, 2.05) is 0 Å². The SMILES string of the molecule is CN1C(=O)N[C@H](c2ccc(O)cc2)C2=C1CN(c1ccc(OC(F)(F)F)cc1)C2=O. The molecule has 2 aliphatic rings. The van der Waals surface area contributed by atoms with Crippen LogP contribution in [0.2, 0.25) is 0 Å². The summed E-state index contributed by atoms with van der Waals surface area (Å²) in [6, 6.07) is 9.96. The van der Waals surface area contributed by atoms with Crippen molar-refractivity contribution in [2.45, 2.75) is 12.4 Å². The van der Waals surface area contributed by atoms with Crippen LogP contribution in [0.5, 0.6) is 11.5 Å². The molecule has 0 saturated heterocycles. The second kappa shape index (κ2) is 6.97. The number of phenols is 1. The summed E-state index contributed by atoms with van der Waals surface area (Å²) in [5, 5.41) is 12.3. The van der Waals surface area contributed by atoms with Crippen molar-refractivity contribution in [2.24, 2.45) is 0 Å². The highest BCUT2D eigenvalue weighted by Crippen LogP contribution is 2.38. The summed E-state index contributed by atoms with van der Waals surface area (Å²) < 4.78 is 40.9. The molecule has 7 nitrogen and oxygen atoms in total. The Kier molecular flexibility index (Phi) is 4.56. The fourth-order valence-electron chi connectivity index (χ4n) is 3.52. The van der Waals surface area contributed by atoms with Gasteiger partial charge in [-0.3, -0.25) is 9.69 Å². The highest BCUT2D eigenvalue weighted by atomic mass is 19.4. The van der Waals surface area contributed by atoms with E-state index in [1.165, 1.54) is 41.1 Å². The van der Waals surface area contributed by atoms with Gasteiger partial charge in [-0.1, -0.05) is 12.1 Å². The van der Waals surface area contributed by atoms with Crippen LogP contribution < -0.4 is 15.0 Å². The average molecular weight is 419 g/mol. The van der Waals surface area contributed by atoms with E-state index in [0.717, 1.165) is 12.1 Å². The lowest BCUT2D eigenvalue weighted by atomic mass is 9.95.